The molecule has 1 aliphatic heterocycles. The van der Waals surface area contributed by atoms with E-state index in [2.05, 4.69) is 9.97 Å². The number of likely N-dealkylation sites (tertiary alicyclic amines) is 1. The molecular weight excluding hydrogens is 461 g/mol. The molecule has 0 radical (unpaired) electrons. The van der Waals surface area contributed by atoms with Crippen LogP contribution in [0.15, 0.2) is 36.0 Å². The van der Waals surface area contributed by atoms with Crippen molar-refractivity contribution in [3.8, 4) is 22.0 Å². The Hall–Kier alpha value is -3.15. The minimum absolute atomic E-state index is 0.0380. The summed E-state index contributed by atoms with van der Waals surface area (Å²) in [4.78, 5) is 35.1. The van der Waals surface area contributed by atoms with Gasteiger partial charge in [0.1, 0.15) is 29.2 Å². The Labute approximate surface area is 200 Å². The molecule has 3 aromatic rings. The van der Waals surface area contributed by atoms with Crippen molar-refractivity contribution in [2.24, 2.45) is 5.73 Å². The van der Waals surface area contributed by atoms with Gasteiger partial charge in [0.2, 0.25) is 5.91 Å². The average molecular weight is 488 g/mol. The summed E-state index contributed by atoms with van der Waals surface area (Å²) in [6.45, 7) is 2.44. The first kappa shape index (κ1) is 24.0. The van der Waals surface area contributed by atoms with Crippen LogP contribution >= 0.6 is 11.3 Å². The third kappa shape index (κ3) is 5.01. The molecule has 0 aliphatic carbocycles. The topological polar surface area (TPSA) is 124 Å². The Morgan fingerprint density at radius 3 is 2.65 bits per heavy atom. The van der Waals surface area contributed by atoms with Crippen LogP contribution in [-0.2, 0) is 9.53 Å². The number of benzene rings is 1. The summed E-state index contributed by atoms with van der Waals surface area (Å²) in [6.07, 6.45) is 2.64. The molecule has 0 spiro atoms. The van der Waals surface area contributed by atoms with Crippen molar-refractivity contribution >= 4 is 23.2 Å². The van der Waals surface area contributed by atoms with Crippen LogP contribution < -0.4 is 5.73 Å². The minimum Gasteiger partial charge on any atom is -0.457 e. The van der Waals surface area contributed by atoms with Crippen molar-refractivity contribution in [1.29, 1.82) is 0 Å². The van der Waals surface area contributed by atoms with Crippen molar-refractivity contribution in [3.63, 3.8) is 0 Å². The SMILES string of the molecule is CC(CN)OC(=O)c1csc(-c2c(-c3ccc(F)cc3)ncn2C2CCN(C(=O)CO)CC2)n1. The number of nitrogens with zero attached hydrogens (tertiary/aromatic N) is 4. The number of ether oxygens (including phenoxy) is 1. The van der Waals surface area contributed by atoms with Crippen molar-refractivity contribution < 1.29 is 23.8 Å². The highest BCUT2D eigenvalue weighted by atomic mass is 32.1. The predicted octanol–water partition coefficient (Wildman–Crippen LogP) is 2.47. The van der Waals surface area contributed by atoms with Crippen molar-refractivity contribution in [2.45, 2.75) is 31.9 Å². The Balaban J connectivity index is 1.69. The van der Waals surface area contributed by atoms with Crippen LogP contribution in [0.2, 0.25) is 0 Å². The number of halogens is 1. The van der Waals surface area contributed by atoms with E-state index >= 15 is 0 Å². The van der Waals surface area contributed by atoms with E-state index in [4.69, 9.17) is 15.6 Å². The molecule has 1 atom stereocenters. The van der Waals surface area contributed by atoms with Crippen LogP contribution in [0.5, 0.6) is 0 Å². The van der Waals surface area contributed by atoms with Gasteiger partial charge >= 0.3 is 5.97 Å². The summed E-state index contributed by atoms with van der Waals surface area (Å²) in [7, 11) is 0. The highest BCUT2D eigenvalue weighted by Gasteiger charge is 2.28. The maximum atomic E-state index is 13.5. The summed E-state index contributed by atoms with van der Waals surface area (Å²) in [5.74, 6) is -1.18. The van der Waals surface area contributed by atoms with Gasteiger partial charge in [0.25, 0.3) is 0 Å². The van der Waals surface area contributed by atoms with E-state index in [0.29, 0.717) is 36.6 Å². The fraction of sp³-hybridized carbons (Fsp3) is 0.391. The number of aromatic nitrogens is 3. The molecule has 34 heavy (non-hydrogen) atoms. The van der Waals surface area contributed by atoms with Crippen molar-refractivity contribution in [3.05, 3.63) is 47.5 Å². The lowest BCUT2D eigenvalue weighted by Crippen LogP contribution is -2.40. The Kier molecular flexibility index (Phi) is 7.35. The second-order valence-electron chi connectivity index (χ2n) is 8.12. The molecule has 180 valence electrons. The van der Waals surface area contributed by atoms with Crippen LogP contribution in [0.1, 0.15) is 36.3 Å². The lowest BCUT2D eigenvalue weighted by molar-refractivity contribution is -0.135. The van der Waals surface area contributed by atoms with Gasteiger partial charge < -0.3 is 25.0 Å². The van der Waals surface area contributed by atoms with Crippen LogP contribution in [-0.4, -0.2) is 68.8 Å². The molecule has 3 heterocycles. The Bertz CT molecular complexity index is 1150. The smallest absolute Gasteiger partial charge is 0.358 e. The fourth-order valence-corrected chi connectivity index (χ4v) is 4.77. The van der Waals surface area contributed by atoms with Gasteiger partial charge in [0.15, 0.2) is 5.69 Å². The molecule has 2 aromatic heterocycles. The number of imidazole rings is 1. The fourth-order valence-electron chi connectivity index (χ4n) is 3.93. The highest BCUT2D eigenvalue weighted by molar-refractivity contribution is 7.13. The molecule has 1 saturated heterocycles. The van der Waals surface area contributed by atoms with E-state index in [0.717, 1.165) is 11.3 Å². The molecule has 1 unspecified atom stereocenters. The number of piperidine rings is 1. The normalized spacial score (nSPS) is 15.4. The van der Waals surface area contributed by atoms with Crippen LogP contribution in [0.3, 0.4) is 0 Å². The maximum Gasteiger partial charge on any atom is 0.358 e. The molecule has 0 saturated carbocycles. The largest absolute Gasteiger partial charge is 0.457 e. The van der Waals surface area contributed by atoms with E-state index in [9.17, 15) is 14.0 Å². The molecule has 1 aromatic carbocycles. The number of hydrogen-bond donors (Lipinski definition) is 2. The number of hydrogen-bond acceptors (Lipinski definition) is 8. The zero-order chi connectivity index (χ0) is 24.2. The predicted molar refractivity (Wildman–Crippen MR) is 125 cm³/mol. The van der Waals surface area contributed by atoms with E-state index in [1.54, 1.807) is 35.7 Å². The number of aliphatic hydroxyl groups is 1. The van der Waals surface area contributed by atoms with Crippen molar-refractivity contribution in [2.75, 3.05) is 26.2 Å². The number of thiazole rings is 1. The zero-order valence-corrected chi connectivity index (χ0v) is 19.5. The number of aliphatic hydroxyl groups excluding tert-OH is 1. The Morgan fingerprint density at radius 1 is 1.29 bits per heavy atom. The number of carbonyl (C=O) groups excluding carboxylic acids is 2. The minimum atomic E-state index is -0.550. The van der Waals surface area contributed by atoms with Gasteiger partial charge in [-0.3, -0.25) is 4.79 Å². The van der Waals surface area contributed by atoms with Crippen LogP contribution in [0.4, 0.5) is 4.39 Å². The molecular formula is C23H26FN5O4S. The molecule has 4 rings (SSSR count). The molecule has 1 amide bonds. The van der Waals surface area contributed by atoms with Gasteiger partial charge in [0.05, 0.1) is 12.0 Å². The molecule has 9 nitrogen and oxygen atoms in total. The summed E-state index contributed by atoms with van der Waals surface area (Å²) >= 11 is 1.29. The molecule has 1 aliphatic rings. The van der Waals surface area contributed by atoms with Crippen molar-refractivity contribution in [1.82, 2.24) is 19.4 Å². The van der Waals surface area contributed by atoms with Gasteiger partial charge in [-0.2, -0.15) is 0 Å². The quantitative estimate of drug-likeness (QED) is 0.491. The van der Waals surface area contributed by atoms with Gasteiger partial charge in [-0.05, 0) is 44.0 Å². The summed E-state index contributed by atoms with van der Waals surface area (Å²) in [6, 6.07) is 6.09. The number of carbonyl (C=O) groups is 2. The standard InChI is InChI=1S/C23H26FN5O4S/c1-14(10-25)33-23(32)18-12-34-22(27-18)21-20(15-2-4-16(24)5-3-15)26-13-29(21)17-6-8-28(9-7-17)19(31)11-30/h2-5,12-14,17,30H,6-11,25H2,1H3. The van der Waals surface area contributed by atoms with Gasteiger partial charge in [-0.15, -0.1) is 11.3 Å². The van der Waals surface area contributed by atoms with Crippen LogP contribution in [0, 0.1) is 5.82 Å². The Morgan fingerprint density at radius 2 is 2.00 bits per heavy atom. The van der Waals surface area contributed by atoms with Gasteiger partial charge in [0, 0.05) is 36.6 Å². The first-order valence-electron chi connectivity index (χ1n) is 11.0. The average Bonchev–Trinajstić information content (AvgIpc) is 3.51. The maximum absolute atomic E-state index is 13.5. The second kappa shape index (κ2) is 10.4. The number of esters is 1. The monoisotopic (exact) mass is 487 g/mol. The van der Waals surface area contributed by atoms with E-state index in [1.165, 1.54) is 23.5 Å². The summed E-state index contributed by atoms with van der Waals surface area (Å²) in [5.41, 5.74) is 7.79. The molecule has 11 heteroatoms. The number of amides is 1. The summed E-state index contributed by atoms with van der Waals surface area (Å²) in [5, 5.41) is 11.4. The van der Waals surface area contributed by atoms with Crippen LogP contribution in [0.25, 0.3) is 22.0 Å². The first-order valence-corrected chi connectivity index (χ1v) is 11.9. The first-order chi connectivity index (χ1) is 16.4. The third-order valence-electron chi connectivity index (χ3n) is 5.81. The molecule has 1 fully saturated rings. The van der Waals surface area contributed by atoms with E-state index < -0.39 is 18.7 Å². The number of rotatable bonds is 7. The third-order valence-corrected chi connectivity index (χ3v) is 6.66. The van der Waals surface area contributed by atoms with E-state index in [-0.39, 0.29) is 30.0 Å². The summed E-state index contributed by atoms with van der Waals surface area (Å²) < 4.78 is 20.8. The van der Waals surface area contributed by atoms with E-state index in [1.807, 2.05) is 4.57 Å². The zero-order valence-electron chi connectivity index (χ0n) is 18.7. The molecule has 0 bridgehead atoms. The second-order valence-corrected chi connectivity index (χ2v) is 8.97. The van der Waals surface area contributed by atoms with Gasteiger partial charge in [-0.1, -0.05) is 0 Å². The molecule has 3 N–H and O–H groups in total. The number of nitrogens with two attached hydrogens (primary N) is 1. The highest BCUT2D eigenvalue weighted by Crippen LogP contribution is 2.37. The van der Waals surface area contributed by atoms with Gasteiger partial charge in [-0.25, -0.2) is 19.2 Å². The lowest BCUT2D eigenvalue weighted by atomic mass is 10.0. The lowest BCUT2D eigenvalue weighted by Gasteiger charge is -2.33.